The first kappa shape index (κ1) is 22.8. The number of ether oxygens (including phenoxy) is 1. The third-order valence-electron chi connectivity index (χ3n) is 4.03. The largest absolute Gasteiger partial charge is 0.489 e. The highest BCUT2D eigenvalue weighted by molar-refractivity contribution is 7.89. The van der Waals surface area contributed by atoms with E-state index < -0.39 is 27.6 Å². The van der Waals surface area contributed by atoms with Crippen LogP contribution in [0.4, 0.5) is 14.5 Å². The van der Waals surface area contributed by atoms with Crippen LogP contribution in [0.15, 0.2) is 41.3 Å². The van der Waals surface area contributed by atoms with Gasteiger partial charge in [0.05, 0.1) is 16.7 Å². The number of carbonyl (C=O) groups excluding carboxylic acids is 1. The molecule has 2 aromatic carbocycles. The van der Waals surface area contributed by atoms with Gasteiger partial charge in [-0.25, -0.2) is 17.2 Å². The molecule has 0 fully saturated rings. The molecule has 1 N–H and O–H groups in total. The highest BCUT2D eigenvalue weighted by Gasteiger charge is 2.24. The number of carbonyl (C=O) groups is 1. The SMILES string of the molecule is CCN(CC)S(=O)(=O)c1ccc(OC(C)C)c(NC(=O)c2cc(F)cc(F)c2)c1. The topological polar surface area (TPSA) is 75.7 Å². The molecule has 2 rings (SSSR count). The van der Waals surface area contributed by atoms with Crippen LogP contribution in [0, 0.1) is 11.6 Å². The molecule has 6 nitrogen and oxygen atoms in total. The maximum Gasteiger partial charge on any atom is 0.255 e. The summed E-state index contributed by atoms with van der Waals surface area (Å²) < 4.78 is 59.4. The molecule has 0 aromatic heterocycles. The summed E-state index contributed by atoms with van der Waals surface area (Å²) in [6, 6.07) is 6.54. The van der Waals surface area contributed by atoms with Crippen molar-refractivity contribution in [3.05, 3.63) is 53.6 Å². The van der Waals surface area contributed by atoms with Crippen molar-refractivity contribution < 1.29 is 26.7 Å². The molecule has 0 atom stereocenters. The van der Waals surface area contributed by atoms with Gasteiger partial charge in [0.25, 0.3) is 5.91 Å². The van der Waals surface area contributed by atoms with Crippen LogP contribution in [-0.4, -0.2) is 37.8 Å². The molecule has 0 aliphatic rings. The summed E-state index contributed by atoms with van der Waals surface area (Å²) in [7, 11) is -3.78. The molecule has 158 valence electrons. The van der Waals surface area contributed by atoms with Crippen LogP contribution in [0.3, 0.4) is 0 Å². The van der Waals surface area contributed by atoms with E-state index in [1.807, 2.05) is 0 Å². The molecule has 0 heterocycles. The van der Waals surface area contributed by atoms with Crippen LogP contribution < -0.4 is 10.1 Å². The van der Waals surface area contributed by atoms with E-state index in [1.165, 1.54) is 22.5 Å². The maximum atomic E-state index is 13.4. The number of amides is 1. The minimum atomic E-state index is -3.78. The maximum absolute atomic E-state index is 13.4. The number of sulfonamides is 1. The second-order valence-electron chi connectivity index (χ2n) is 6.53. The van der Waals surface area contributed by atoms with Gasteiger partial charge in [0.1, 0.15) is 17.4 Å². The summed E-state index contributed by atoms with van der Waals surface area (Å²) in [5, 5.41) is 2.49. The number of rotatable bonds is 8. The highest BCUT2D eigenvalue weighted by Crippen LogP contribution is 2.30. The fourth-order valence-corrected chi connectivity index (χ4v) is 4.20. The Kier molecular flexibility index (Phi) is 7.32. The van der Waals surface area contributed by atoms with Crippen molar-refractivity contribution in [2.45, 2.75) is 38.7 Å². The number of hydrogen-bond donors (Lipinski definition) is 1. The molecule has 29 heavy (non-hydrogen) atoms. The first-order valence-corrected chi connectivity index (χ1v) is 10.6. The van der Waals surface area contributed by atoms with Crippen LogP contribution in [0.5, 0.6) is 5.75 Å². The van der Waals surface area contributed by atoms with E-state index in [0.717, 1.165) is 12.1 Å². The number of nitrogens with zero attached hydrogens (tertiary/aromatic N) is 1. The third kappa shape index (κ3) is 5.51. The number of nitrogens with one attached hydrogen (secondary N) is 1. The van der Waals surface area contributed by atoms with E-state index in [4.69, 9.17) is 4.74 Å². The van der Waals surface area contributed by atoms with Crippen molar-refractivity contribution in [3.8, 4) is 5.75 Å². The quantitative estimate of drug-likeness (QED) is 0.691. The summed E-state index contributed by atoms with van der Waals surface area (Å²) in [4.78, 5) is 12.5. The van der Waals surface area contributed by atoms with Gasteiger partial charge in [0.15, 0.2) is 0 Å². The molecule has 0 bridgehead atoms. The molecule has 0 unspecified atom stereocenters. The molecular weight excluding hydrogens is 402 g/mol. The van der Waals surface area contributed by atoms with E-state index in [1.54, 1.807) is 27.7 Å². The van der Waals surface area contributed by atoms with Crippen molar-refractivity contribution in [1.82, 2.24) is 4.31 Å². The van der Waals surface area contributed by atoms with Crippen molar-refractivity contribution in [2.75, 3.05) is 18.4 Å². The first-order chi connectivity index (χ1) is 13.6. The zero-order valence-electron chi connectivity index (χ0n) is 16.7. The molecular formula is C20H24F2N2O4S. The smallest absolute Gasteiger partial charge is 0.255 e. The predicted molar refractivity (Wildman–Crippen MR) is 107 cm³/mol. The molecule has 0 aliphatic carbocycles. The standard InChI is InChI=1S/C20H24F2N2O4S/c1-5-24(6-2)29(26,27)17-7-8-19(28-13(3)4)18(12-17)23-20(25)14-9-15(21)11-16(22)10-14/h7-13H,5-6H2,1-4H3,(H,23,25). The van der Waals surface area contributed by atoms with Gasteiger partial charge in [0, 0.05) is 24.7 Å². The van der Waals surface area contributed by atoms with Gasteiger partial charge in [-0.15, -0.1) is 0 Å². The monoisotopic (exact) mass is 426 g/mol. The Labute approximate surface area is 169 Å². The van der Waals surface area contributed by atoms with E-state index in [2.05, 4.69) is 5.32 Å². The third-order valence-corrected chi connectivity index (χ3v) is 6.08. The summed E-state index contributed by atoms with van der Waals surface area (Å²) >= 11 is 0. The lowest BCUT2D eigenvalue weighted by Crippen LogP contribution is -2.30. The van der Waals surface area contributed by atoms with Gasteiger partial charge in [0.2, 0.25) is 10.0 Å². The van der Waals surface area contributed by atoms with Crippen molar-refractivity contribution in [1.29, 1.82) is 0 Å². The Balaban J connectivity index is 2.48. The van der Waals surface area contributed by atoms with Gasteiger partial charge < -0.3 is 10.1 Å². The highest BCUT2D eigenvalue weighted by atomic mass is 32.2. The molecule has 0 radical (unpaired) electrons. The lowest BCUT2D eigenvalue weighted by molar-refractivity contribution is 0.102. The van der Waals surface area contributed by atoms with Crippen molar-refractivity contribution in [3.63, 3.8) is 0 Å². The average Bonchev–Trinajstić information content (AvgIpc) is 2.62. The second-order valence-corrected chi connectivity index (χ2v) is 8.46. The Morgan fingerprint density at radius 3 is 2.17 bits per heavy atom. The first-order valence-electron chi connectivity index (χ1n) is 9.16. The van der Waals surface area contributed by atoms with Crippen LogP contribution >= 0.6 is 0 Å². The van der Waals surface area contributed by atoms with E-state index in [0.29, 0.717) is 6.07 Å². The summed E-state index contributed by atoms with van der Waals surface area (Å²) in [5.41, 5.74) is -0.156. The molecule has 0 spiro atoms. The Morgan fingerprint density at radius 2 is 1.66 bits per heavy atom. The van der Waals surface area contributed by atoms with Crippen LogP contribution in [0.1, 0.15) is 38.1 Å². The molecule has 2 aromatic rings. The Morgan fingerprint density at radius 1 is 1.07 bits per heavy atom. The van der Waals surface area contributed by atoms with E-state index >= 15 is 0 Å². The Bertz CT molecular complexity index is 970. The van der Waals surface area contributed by atoms with Crippen molar-refractivity contribution >= 4 is 21.6 Å². The minimum Gasteiger partial charge on any atom is -0.489 e. The normalized spacial score (nSPS) is 11.7. The molecule has 0 saturated carbocycles. The number of anilines is 1. The van der Waals surface area contributed by atoms with E-state index in [9.17, 15) is 22.0 Å². The summed E-state index contributed by atoms with van der Waals surface area (Å²) in [5.74, 6) is -2.35. The zero-order valence-corrected chi connectivity index (χ0v) is 17.5. The molecule has 0 aliphatic heterocycles. The van der Waals surface area contributed by atoms with Crippen LogP contribution in [0.2, 0.25) is 0 Å². The summed E-state index contributed by atoms with van der Waals surface area (Å²) in [6.45, 7) is 7.56. The second kappa shape index (κ2) is 9.32. The average molecular weight is 426 g/mol. The lowest BCUT2D eigenvalue weighted by atomic mass is 10.2. The van der Waals surface area contributed by atoms with Gasteiger partial charge in [-0.2, -0.15) is 4.31 Å². The molecule has 1 amide bonds. The minimum absolute atomic E-state index is 0.0296. The molecule has 9 heteroatoms. The van der Waals surface area contributed by atoms with Gasteiger partial charge >= 0.3 is 0 Å². The zero-order chi connectivity index (χ0) is 21.8. The summed E-state index contributed by atoms with van der Waals surface area (Å²) in [6.07, 6.45) is -0.248. The van der Waals surface area contributed by atoms with Gasteiger partial charge in [-0.05, 0) is 44.2 Å². The van der Waals surface area contributed by atoms with Crippen LogP contribution in [-0.2, 0) is 10.0 Å². The number of halogens is 2. The predicted octanol–water partition coefficient (Wildman–Crippen LogP) is 4.03. The number of hydrogen-bond acceptors (Lipinski definition) is 4. The fraction of sp³-hybridized carbons (Fsp3) is 0.350. The lowest BCUT2D eigenvalue weighted by Gasteiger charge is -2.20. The molecule has 0 saturated heterocycles. The fourth-order valence-electron chi connectivity index (χ4n) is 2.72. The Hall–Kier alpha value is -2.52. The van der Waals surface area contributed by atoms with Gasteiger partial charge in [-0.3, -0.25) is 4.79 Å². The van der Waals surface area contributed by atoms with Crippen molar-refractivity contribution in [2.24, 2.45) is 0 Å². The van der Waals surface area contributed by atoms with E-state index in [-0.39, 0.29) is 41.1 Å². The number of benzene rings is 2. The van der Waals surface area contributed by atoms with Gasteiger partial charge in [-0.1, -0.05) is 13.8 Å². The van der Waals surface area contributed by atoms with Crippen LogP contribution in [0.25, 0.3) is 0 Å².